The fourth-order valence-corrected chi connectivity index (χ4v) is 1.70. The third-order valence-electron chi connectivity index (χ3n) is 1.71. The minimum atomic E-state index is -4.70. The average Bonchev–Trinajstić information content (AvgIpc) is 2.15. The Kier molecular flexibility index (Phi) is 3.23. The fraction of sp³-hybridized carbons (Fsp3) is 0.250. The van der Waals surface area contributed by atoms with Crippen molar-refractivity contribution >= 4 is 17.4 Å². The van der Waals surface area contributed by atoms with Gasteiger partial charge in [0.2, 0.25) is 0 Å². The fourth-order valence-electron chi connectivity index (χ4n) is 1.10. The second kappa shape index (κ2) is 4.09. The van der Waals surface area contributed by atoms with Crippen LogP contribution in [0.2, 0.25) is 0 Å². The lowest BCUT2D eigenvalue weighted by Gasteiger charge is -2.08. The number of hydrogen-bond donors (Lipinski definition) is 0. The lowest BCUT2D eigenvalue weighted by atomic mass is 10.2. The summed E-state index contributed by atoms with van der Waals surface area (Å²) in [6.45, 7) is 0. The van der Waals surface area contributed by atoms with Crippen molar-refractivity contribution in [1.29, 1.82) is 0 Å². The topological polar surface area (TPSA) is 43.1 Å². The number of para-hydroxylation sites is 1. The van der Waals surface area contributed by atoms with Gasteiger partial charge >= 0.3 is 6.18 Å². The summed E-state index contributed by atoms with van der Waals surface area (Å²) in [6.07, 6.45) is -3.21. The first-order chi connectivity index (χ1) is 6.88. The predicted molar refractivity (Wildman–Crippen MR) is 49.9 cm³/mol. The summed E-state index contributed by atoms with van der Waals surface area (Å²) < 4.78 is 37.2. The number of nitro benzene ring substituents is 1. The van der Waals surface area contributed by atoms with E-state index in [0.717, 1.165) is 17.8 Å². The maximum atomic E-state index is 12.4. The van der Waals surface area contributed by atoms with E-state index >= 15 is 0 Å². The van der Waals surface area contributed by atoms with Crippen LogP contribution in [0.5, 0.6) is 0 Å². The van der Waals surface area contributed by atoms with E-state index in [1.54, 1.807) is 0 Å². The Morgan fingerprint density at radius 2 is 2.00 bits per heavy atom. The molecule has 15 heavy (non-hydrogen) atoms. The molecule has 1 aromatic carbocycles. The molecule has 0 amide bonds. The molecule has 1 aromatic rings. The van der Waals surface area contributed by atoms with Gasteiger partial charge in [0.15, 0.2) is 0 Å². The summed E-state index contributed by atoms with van der Waals surface area (Å²) in [5.74, 6) is 0. The zero-order valence-corrected chi connectivity index (χ0v) is 8.35. The number of nitro groups is 1. The smallest absolute Gasteiger partial charge is 0.258 e. The summed E-state index contributed by atoms with van der Waals surface area (Å²) in [6, 6.07) is 3.15. The molecule has 1 rings (SSSR count). The van der Waals surface area contributed by atoms with Crippen molar-refractivity contribution in [3.63, 3.8) is 0 Å². The Morgan fingerprint density at radius 3 is 2.40 bits per heavy atom. The largest absolute Gasteiger partial charge is 0.423 e. The molecule has 0 aliphatic rings. The summed E-state index contributed by atoms with van der Waals surface area (Å²) in [4.78, 5) is 9.54. The van der Waals surface area contributed by atoms with Gasteiger partial charge in [-0.1, -0.05) is 6.07 Å². The van der Waals surface area contributed by atoms with E-state index in [1.807, 2.05) is 0 Å². The van der Waals surface area contributed by atoms with Gasteiger partial charge in [0, 0.05) is 0 Å². The molecule has 0 spiro atoms. The van der Waals surface area contributed by atoms with Gasteiger partial charge in [0.05, 0.1) is 9.82 Å². The molecule has 0 aromatic heterocycles. The number of alkyl halides is 3. The number of halogens is 3. The maximum Gasteiger partial charge on any atom is 0.423 e. The van der Waals surface area contributed by atoms with E-state index in [2.05, 4.69) is 0 Å². The van der Waals surface area contributed by atoms with Gasteiger partial charge < -0.3 is 0 Å². The van der Waals surface area contributed by atoms with Crippen LogP contribution < -0.4 is 0 Å². The van der Waals surface area contributed by atoms with Crippen LogP contribution in [0.3, 0.4) is 0 Å². The molecule has 0 N–H and O–H groups in total. The predicted octanol–water partition coefficient (Wildman–Crippen LogP) is 3.34. The standard InChI is InChI=1S/C8H6F3NO2S/c1-15-6-4-2-3-5(8(9,10)11)7(6)12(13)14/h2-4H,1H3. The number of thioether (sulfide) groups is 1. The third kappa shape index (κ3) is 2.41. The van der Waals surface area contributed by atoms with Crippen molar-refractivity contribution in [2.45, 2.75) is 11.1 Å². The molecule has 0 aliphatic heterocycles. The highest BCUT2D eigenvalue weighted by Crippen LogP contribution is 2.40. The Labute approximate surface area is 87.4 Å². The van der Waals surface area contributed by atoms with Crippen LogP contribution >= 0.6 is 11.8 Å². The minimum absolute atomic E-state index is 0.00910. The van der Waals surface area contributed by atoms with Gasteiger partial charge in [-0.05, 0) is 18.4 Å². The first kappa shape index (κ1) is 11.8. The van der Waals surface area contributed by atoms with E-state index in [9.17, 15) is 23.3 Å². The number of benzene rings is 1. The molecule has 7 heteroatoms. The first-order valence-corrected chi connectivity index (χ1v) is 4.99. The van der Waals surface area contributed by atoms with E-state index in [-0.39, 0.29) is 4.90 Å². The van der Waals surface area contributed by atoms with Gasteiger partial charge in [0.25, 0.3) is 5.69 Å². The lowest BCUT2D eigenvalue weighted by Crippen LogP contribution is -2.09. The van der Waals surface area contributed by atoms with Crippen LogP contribution in [0.1, 0.15) is 5.56 Å². The van der Waals surface area contributed by atoms with Crippen molar-refractivity contribution in [2.75, 3.05) is 6.26 Å². The highest BCUT2D eigenvalue weighted by atomic mass is 32.2. The zero-order chi connectivity index (χ0) is 11.6. The monoisotopic (exact) mass is 237 g/mol. The normalized spacial score (nSPS) is 11.5. The molecule has 82 valence electrons. The molecular weight excluding hydrogens is 231 g/mol. The highest BCUT2D eigenvalue weighted by molar-refractivity contribution is 7.98. The Bertz CT molecular complexity index is 392. The van der Waals surface area contributed by atoms with Crippen molar-refractivity contribution < 1.29 is 18.1 Å². The van der Waals surface area contributed by atoms with Gasteiger partial charge in [-0.15, -0.1) is 11.8 Å². The third-order valence-corrected chi connectivity index (χ3v) is 2.48. The van der Waals surface area contributed by atoms with Gasteiger partial charge in [-0.25, -0.2) is 0 Å². The molecule has 0 heterocycles. The number of nitrogens with zero attached hydrogens (tertiary/aromatic N) is 1. The molecule has 0 saturated heterocycles. The van der Waals surface area contributed by atoms with Crippen LogP contribution in [-0.2, 0) is 6.18 Å². The zero-order valence-electron chi connectivity index (χ0n) is 7.54. The lowest BCUT2D eigenvalue weighted by molar-refractivity contribution is -0.391. The number of rotatable bonds is 2. The molecule has 0 radical (unpaired) electrons. The van der Waals surface area contributed by atoms with Gasteiger partial charge in [-0.2, -0.15) is 13.2 Å². The van der Waals surface area contributed by atoms with Crippen molar-refractivity contribution in [2.24, 2.45) is 0 Å². The van der Waals surface area contributed by atoms with E-state index in [1.165, 1.54) is 12.3 Å². The molecular formula is C8H6F3NO2S. The molecule has 0 aliphatic carbocycles. The van der Waals surface area contributed by atoms with Crippen molar-refractivity contribution in [3.8, 4) is 0 Å². The molecule has 3 nitrogen and oxygen atoms in total. The van der Waals surface area contributed by atoms with Crippen LogP contribution in [0.15, 0.2) is 23.1 Å². The summed E-state index contributed by atoms with van der Waals surface area (Å²) in [5, 5.41) is 10.5. The van der Waals surface area contributed by atoms with E-state index < -0.39 is 22.4 Å². The van der Waals surface area contributed by atoms with Crippen LogP contribution in [0.25, 0.3) is 0 Å². The van der Waals surface area contributed by atoms with Crippen molar-refractivity contribution in [3.05, 3.63) is 33.9 Å². The molecule has 0 unspecified atom stereocenters. The van der Waals surface area contributed by atoms with Gasteiger partial charge in [0.1, 0.15) is 5.56 Å². The quantitative estimate of drug-likeness (QED) is 0.450. The second-order valence-electron chi connectivity index (χ2n) is 2.61. The summed E-state index contributed by atoms with van der Waals surface area (Å²) in [5.41, 5.74) is -2.09. The number of hydrogen-bond acceptors (Lipinski definition) is 3. The Balaban J connectivity index is 3.46. The Morgan fingerprint density at radius 1 is 1.40 bits per heavy atom. The summed E-state index contributed by atoms with van der Waals surface area (Å²) >= 11 is 0.912. The second-order valence-corrected chi connectivity index (χ2v) is 3.46. The molecule has 0 fully saturated rings. The SMILES string of the molecule is CSc1cccc(C(F)(F)F)c1[N+](=O)[O-]. The Hall–Kier alpha value is -1.24. The van der Waals surface area contributed by atoms with E-state index in [0.29, 0.717) is 6.07 Å². The van der Waals surface area contributed by atoms with Gasteiger partial charge in [-0.3, -0.25) is 10.1 Å². The highest BCUT2D eigenvalue weighted by Gasteiger charge is 2.39. The van der Waals surface area contributed by atoms with Crippen LogP contribution in [0.4, 0.5) is 18.9 Å². The molecule has 0 atom stereocenters. The van der Waals surface area contributed by atoms with Crippen LogP contribution in [0, 0.1) is 10.1 Å². The molecule has 0 bridgehead atoms. The molecule has 0 saturated carbocycles. The minimum Gasteiger partial charge on any atom is -0.258 e. The summed E-state index contributed by atoms with van der Waals surface area (Å²) in [7, 11) is 0. The van der Waals surface area contributed by atoms with E-state index in [4.69, 9.17) is 0 Å². The van der Waals surface area contributed by atoms with Crippen LogP contribution in [-0.4, -0.2) is 11.2 Å². The first-order valence-electron chi connectivity index (χ1n) is 3.76. The maximum absolute atomic E-state index is 12.4. The average molecular weight is 237 g/mol. The van der Waals surface area contributed by atoms with Crippen molar-refractivity contribution in [1.82, 2.24) is 0 Å².